The van der Waals surface area contributed by atoms with Gasteiger partial charge >= 0.3 is 6.03 Å². The third-order valence-electron chi connectivity index (χ3n) is 4.96. The number of ether oxygens (including phenoxy) is 1. The first-order valence-corrected chi connectivity index (χ1v) is 8.85. The highest BCUT2D eigenvalue weighted by molar-refractivity contribution is 5.94. The number of benzene rings is 2. The molecule has 4 rings (SSSR count). The molecule has 3 aromatic rings. The maximum Gasteiger partial charge on any atom is 0.324 e. The van der Waals surface area contributed by atoms with Crippen LogP contribution in [0.4, 0.5) is 14.9 Å². The Kier molecular flexibility index (Phi) is 4.46. The molecular weight excluding hydrogens is 363 g/mol. The molecule has 2 heterocycles. The molecule has 2 aromatic carbocycles. The number of carbonyl (C=O) groups is 1. The van der Waals surface area contributed by atoms with Gasteiger partial charge < -0.3 is 9.64 Å². The van der Waals surface area contributed by atoms with E-state index in [1.807, 2.05) is 0 Å². The van der Waals surface area contributed by atoms with Crippen molar-refractivity contribution in [3.63, 3.8) is 0 Å². The van der Waals surface area contributed by atoms with Crippen LogP contribution in [-0.4, -0.2) is 48.4 Å². The van der Waals surface area contributed by atoms with Crippen LogP contribution < -0.4 is 15.2 Å². The maximum atomic E-state index is 14.4. The number of nitrogens with one attached hydrogen (secondary N) is 1. The summed E-state index contributed by atoms with van der Waals surface area (Å²) in [6, 6.07) is 9.63. The van der Waals surface area contributed by atoms with E-state index in [-0.39, 0.29) is 17.3 Å². The Morgan fingerprint density at radius 1 is 1.21 bits per heavy atom. The Morgan fingerprint density at radius 3 is 2.75 bits per heavy atom. The van der Waals surface area contributed by atoms with Crippen LogP contribution in [0.15, 0.2) is 41.2 Å². The number of likely N-dealkylation sites (N-methyl/N-ethyl adjacent to an activating group) is 1. The first-order chi connectivity index (χ1) is 13.5. The van der Waals surface area contributed by atoms with Crippen molar-refractivity contribution in [3.8, 4) is 5.75 Å². The molecule has 0 aliphatic carbocycles. The second-order valence-electron chi connectivity index (χ2n) is 6.70. The van der Waals surface area contributed by atoms with E-state index in [2.05, 4.69) is 10.2 Å². The number of hydrogen-bond donors (Lipinski definition) is 1. The normalized spacial score (nSPS) is 14.2. The highest BCUT2D eigenvalue weighted by atomic mass is 19.1. The molecule has 1 aromatic heterocycles. The largest absolute Gasteiger partial charge is 0.496 e. The lowest BCUT2D eigenvalue weighted by Crippen LogP contribution is -2.29. The zero-order valence-corrected chi connectivity index (χ0v) is 15.5. The highest BCUT2D eigenvalue weighted by Crippen LogP contribution is 2.29. The molecule has 8 heteroatoms. The fourth-order valence-corrected chi connectivity index (χ4v) is 3.49. The number of hydrogen-bond acceptors (Lipinski definition) is 4. The van der Waals surface area contributed by atoms with Crippen LogP contribution in [0, 0.1) is 5.82 Å². The van der Waals surface area contributed by atoms with Crippen LogP contribution in [0.2, 0.25) is 0 Å². The molecule has 1 saturated heterocycles. The Morgan fingerprint density at radius 2 is 2.04 bits per heavy atom. The van der Waals surface area contributed by atoms with Crippen molar-refractivity contribution in [2.24, 2.45) is 0 Å². The van der Waals surface area contributed by atoms with E-state index in [0.29, 0.717) is 41.7 Å². The molecule has 1 aliphatic heterocycles. The van der Waals surface area contributed by atoms with Crippen molar-refractivity contribution in [1.82, 2.24) is 15.1 Å². The van der Waals surface area contributed by atoms with Crippen molar-refractivity contribution < 1.29 is 13.9 Å². The molecule has 0 unspecified atom stereocenters. The molecule has 1 aliphatic rings. The predicted molar refractivity (Wildman–Crippen MR) is 103 cm³/mol. The number of nitrogens with zero attached hydrogens (tertiary/aromatic N) is 3. The standard InChI is InChI=1S/C20H19FN4O3/c1-24-8-9-25(20(24)27)16-11-12(6-7-14(16)21)10-15-18-13(19(26)23-22-15)4-3-5-17(18)28-2/h3-7,11H,8-10H2,1-2H3,(H,23,26). The molecule has 0 saturated carbocycles. The van der Waals surface area contributed by atoms with Crippen LogP contribution in [0.3, 0.4) is 0 Å². The van der Waals surface area contributed by atoms with Gasteiger partial charge in [0.2, 0.25) is 0 Å². The zero-order valence-electron chi connectivity index (χ0n) is 15.5. The summed E-state index contributed by atoms with van der Waals surface area (Å²) in [7, 11) is 3.22. The fourth-order valence-electron chi connectivity index (χ4n) is 3.49. The van der Waals surface area contributed by atoms with Gasteiger partial charge in [0.05, 0.1) is 29.3 Å². The number of carbonyl (C=O) groups excluding carboxylic acids is 1. The number of aromatic nitrogens is 2. The summed E-state index contributed by atoms with van der Waals surface area (Å²) < 4.78 is 19.8. The van der Waals surface area contributed by atoms with Crippen LogP contribution in [-0.2, 0) is 6.42 Å². The van der Waals surface area contributed by atoms with E-state index in [1.54, 1.807) is 42.3 Å². The smallest absolute Gasteiger partial charge is 0.324 e. The van der Waals surface area contributed by atoms with Crippen LogP contribution in [0.25, 0.3) is 10.8 Å². The lowest BCUT2D eigenvalue weighted by Gasteiger charge is -2.18. The second-order valence-corrected chi connectivity index (χ2v) is 6.70. The van der Waals surface area contributed by atoms with Crippen molar-refractivity contribution >= 4 is 22.5 Å². The molecule has 0 bridgehead atoms. The van der Waals surface area contributed by atoms with Crippen molar-refractivity contribution in [1.29, 1.82) is 0 Å². The molecule has 0 spiro atoms. The van der Waals surface area contributed by atoms with Crippen LogP contribution >= 0.6 is 0 Å². The average molecular weight is 382 g/mol. The molecule has 144 valence electrons. The minimum absolute atomic E-state index is 0.231. The summed E-state index contributed by atoms with van der Waals surface area (Å²) in [4.78, 5) is 27.3. The van der Waals surface area contributed by atoms with E-state index in [0.717, 1.165) is 5.56 Å². The molecule has 1 N–H and O–H groups in total. The Labute approximate surface area is 160 Å². The van der Waals surface area contributed by atoms with Gasteiger partial charge in [0.1, 0.15) is 11.6 Å². The fraction of sp³-hybridized carbons (Fsp3) is 0.250. The maximum absolute atomic E-state index is 14.4. The van der Waals surface area contributed by atoms with E-state index in [9.17, 15) is 14.0 Å². The number of fused-ring (bicyclic) bond motifs is 1. The molecule has 0 radical (unpaired) electrons. The van der Waals surface area contributed by atoms with Gasteiger partial charge in [0.25, 0.3) is 5.56 Å². The molecule has 2 amide bonds. The van der Waals surface area contributed by atoms with E-state index in [1.165, 1.54) is 18.1 Å². The number of amides is 2. The third kappa shape index (κ3) is 2.96. The Balaban J connectivity index is 1.77. The first-order valence-electron chi connectivity index (χ1n) is 8.85. The van der Waals surface area contributed by atoms with Gasteiger partial charge in [-0.2, -0.15) is 5.10 Å². The number of methoxy groups -OCH3 is 1. The van der Waals surface area contributed by atoms with Gasteiger partial charge in [-0.25, -0.2) is 14.3 Å². The topological polar surface area (TPSA) is 78.5 Å². The average Bonchev–Trinajstić information content (AvgIpc) is 3.03. The predicted octanol–water partition coefficient (Wildman–Crippen LogP) is 2.53. The molecule has 28 heavy (non-hydrogen) atoms. The SMILES string of the molecule is COc1cccc2c(=O)[nH]nc(Cc3ccc(F)c(N4CCN(C)C4=O)c3)c12. The van der Waals surface area contributed by atoms with Gasteiger partial charge in [-0.05, 0) is 29.8 Å². The Bertz CT molecular complexity index is 1130. The molecule has 1 fully saturated rings. The van der Waals surface area contributed by atoms with Crippen LogP contribution in [0.5, 0.6) is 5.75 Å². The third-order valence-corrected chi connectivity index (χ3v) is 4.96. The van der Waals surface area contributed by atoms with Gasteiger partial charge in [0.15, 0.2) is 0 Å². The van der Waals surface area contributed by atoms with Gasteiger partial charge in [-0.3, -0.25) is 9.69 Å². The number of halogens is 1. The quantitative estimate of drug-likeness (QED) is 0.752. The summed E-state index contributed by atoms with van der Waals surface area (Å²) in [5.74, 6) is 0.0917. The van der Waals surface area contributed by atoms with Crippen molar-refractivity contribution in [2.75, 3.05) is 32.1 Å². The highest BCUT2D eigenvalue weighted by Gasteiger charge is 2.28. The number of aromatic amines is 1. The van der Waals surface area contributed by atoms with E-state index < -0.39 is 5.82 Å². The zero-order chi connectivity index (χ0) is 19.8. The van der Waals surface area contributed by atoms with Gasteiger partial charge in [0, 0.05) is 26.6 Å². The number of rotatable bonds is 4. The summed E-state index contributed by atoms with van der Waals surface area (Å²) in [6.45, 7) is 0.981. The number of urea groups is 1. The summed E-state index contributed by atoms with van der Waals surface area (Å²) in [5.41, 5.74) is 1.32. The number of anilines is 1. The van der Waals surface area contributed by atoms with Crippen molar-refractivity contribution in [3.05, 3.63) is 63.8 Å². The monoisotopic (exact) mass is 382 g/mol. The molecular formula is C20H19FN4O3. The molecule has 0 atom stereocenters. The summed E-state index contributed by atoms with van der Waals surface area (Å²) >= 11 is 0. The number of H-pyrrole nitrogens is 1. The minimum Gasteiger partial charge on any atom is -0.496 e. The van der Waals surface area contributed by atoms with Gasteiger partial charge in [-0.15, -0.1) is 0 Å². The second kappa shape index (κ2) is 6.95. The van der Waals surface area contributed by atoms with E-state index >= 15 is 0 Å². The summed E-state index contributed by atoms with van der Waals surface area (Å²) in [5, 5.41) is 7.79. The van der Waals surface area contributed by atoms with Crippen LogP contribution in [0.1, 0.15) is 11.3 Å². The summed E-state index contributed by atoms with van der Waals surface area (Å²) in [6.07, 6.45) is 0.346. The first kappa shape index (κ1) is 18.0. The molecule has 7 nitrogen and oxygen atoms in total. The van der Waals surface area contributed by atoms with Gasteiger partial charge in [-0.1, -0.05) is 12.1 Å². The lowest BCUT2D eigenvalue weighted by atomic mass is 10.0. The Hall–Kier alpha value is -3.42. The minimum atomic E-state index is -0.454. The van der Waals surface area contributed by atoms with E-state index in [4.69, 9.17) is 4.74 Å². The lowest BCUT2D eigenvalue weighted by molar-refractivity contribution is 0.229. The van der Waals surface area contributed by atoms with Crippen molar-refractivity contribution in [2.45, 2.75) is 6.42 Å².